The Balaban J connectivity index is 1.79. The third-order valence-electron chi connectivity index (χ3n) is 5.43. The second-order valence-corrected chi connectivity index (χ2v) is 7.98. The maximum absolute atomic E-state index is 13.8. The summed E-state index contributed by atoms with van der Waals surface area (Å²) in [6.45, 7) is 3.36. The summed E-state index contributed by atoms with van der Waals surface area (Å²) >= 11 is 3.39. The fraction of sp³-hybridized carbons (Fsp3) is 0.421. The highest BCUT2D eigenvalue weighted by molar-refractivity contribution is 9.10. The molecule has 1 fully saturated rings. The van der Waals surface area contributed by atoms with Crippen LogP contribution in [0.3, 0.4) is 0 Å². The molecule has 2 N–H and O–H groups in total. The lowest BCUT2D eigenvalue weighted by atomic mass is 9.89. The van der Waals surface area contributed by atoms with Crippen LogP contribution in [0.2, 0.25) is 0 Å². The van der Waals surface area contributed by atoms with E-state index in [-0.39, 0.29) is 12.0 Å². The molecule has 1 saturated heterocycles. The Bertz CT molecular complexity index is 884. The van der Waals surface area contributed by atoms with Gasteiger partial charge < -0.3 is 15.5 Å². The Kier molecular flexibility index (Phi) is 4.58. The van der Waals surface area contributed by atoms with Crippen LogP contribution in [0, 0.1) is 6.92 Å². The highest BCUT2D eigenvalue weighted by atomic mass is 79.9. The Hall–Kier alpha value is -1.80. The van der Waals surface area contributed by atoms with Gasteiger partial charge in [-0.15, -0.1) is 0 Å². The van der Waals surface area contributed by atoms with Gasteiger partial charge in [-0.2, -0.15) is 13.2 Å². The van der Waals surface area contributed by atoms with Crippen molar-refractivity contribution >= 4 is 33.1 Å². The van der Waals surface area contributed by atoms with E-state index in [1.54, 1.807) is 13.1 Å². The van der Waals surface area contributed by atoms with Gasteiger partial charge in [0.25, 0.3) is 0 Å². The number of aryl methyl sites for hydroxylation is 1. The van der Waals surface area contributed by atoms with Gasteiger partial charge in [-0.1, -0.05) is 0 Å². The van der Waals surface area contributed by atoms with Crippen molar-refractivity contribution in [3.63, 3.8) is 0 Å². The summed E-state index contributed by atoms with van der Waals surface area (Å²) in [5, 5.41) is 6.37. The van der Waals surface area contributed by atoms with E-state index in [2.05, 4.69) is 31.5 Å². The molecular formula is C19H20BrF3N4. The topological polar surface area (TPSA) is 40.2 Å². The van der Waals surface area contributed by atoms with Crippen molar-refractivity contribution in [1.29, 1.82) is 0 Å². The van der Waals surface area contributed by atoms with E-state index in [0.717, 1.165) is 28.7 Å². The summed E-state index contributed by atoms with van der Waals surface area (Å²) in [4.78, 5) is 6.20. The SMILES string of the molecule is Cc1nc(Nc2cc3c(c(C(F)(F)F)c2)N(C)C2CCNCC32)ccc1Br. The summed E-state index contributed by atoms with van der Waals surface area (Å²) in [6, 6.07) is 6.72. The zero-order chi connectivity index (χ0) is 19.3. The maximum Gasteiger partial charge on any atom is 0.418 e. The smallest absolute Gasteiger partial charge is 0.370 e. The van der Waals surface area contributed by atoms with Crippen molar-refractivity contribution in [3.05, 3.63) is 45.6 Å². The number of benzene rings is 1. The number of anilines is 3. The summed E-state index contributed by atoms with van der Waals surface area (Å²) in [5.41, 5.74) is 1.66. The number of alkyl halides is 3. The largest absolute Gasteiger partial charge is 0.418 e. The first-order valence-electron chi connectivity index (χ1n) is 8.84. The summed E-state index contributed by atoms with van der Waals surface area (Å²) in [6.07, 6.45) is -3.58. The van der Waals surface area contributed by atoms with E-state index < -0.39 is 11.7 Å². The molecule has 4 nitrogen and oxygen atoms in total. The number of halogens is 4. The van der Waals surface area contributed by atoms with Gasteiger partial charge in [0.2, 0.25) is 0 Å². The van der Waals surface area contributed by atoms with Crippen LogP contribution in [-0.2, 0) is 6.18 Å². The van der Waals surface area contributed by atoms with Gasteiger partial charge in [0.1, 0.15) is 5.82 Å². The van der Waals surface area contributed by atoms with E-state index >= 15 is 0 Å². The van der Waals surface area contributed by atoms with E-state index in [0.29, 0.717) is 23.7 Å². The number of piperidine rings is 1. The zero-order valence-electron chi connectivity index (χ0n) is 15.0. The number of pyridine rings is 1. The van der Waals surface area contributed by atoms with E-state index in [1.165, 1.54) is 6.07 Å². The second kappa shape index (κ2) is 6.67. The first-order chi connectivity index (χ1) is 12.8. The van der Waals surface area contributed by atoms with Gasteiger partial charge in [0, 0.05) is 35.7 Å². The fourth-order valence-electron chi connectivity index (χ4n) is 4.17. The molecule has 8 heteroatoms. The average Bonchev–Trinajstić information content (AvgIpc) is 2.90. The molecule has 2 aliphatic rings. The number of nitrogens with one attached hydrogen (secondary N) is 2. The number of rotatable bonds is 2. The average molecular weight is 441 g/mol. The lowest BCUT2D eigenvalue weighted by Gasteiger charge is -2.31. The third kappa shape index (κ3) is 3.29. The van der Waals surface area contributed by atoms with Gasteiger partial charge in [-0.05, 0) is 65.6 Å². The van der Waals surface area contributed by atoms with Crippen LogP contribution in [0.4, 0.5) is 30.4 Å². The van der Waals surface area contributed by atoms with Crippen LogP contribution >= 0.6 is 15.9 Å². The minimum Gasteiger partial charge on any atom is -0.370 e. The maximum atomic E-state index is 13.8. The third-order valence-corrected chi connectivity index (χ3v) is 6.27. The molecule has 2 aromatic rings. The van der Waals surface area contributed by atoms with Crippen LogP contribution in [-0.4, -0.2) is 31.2 Å². The molecule has 1 aromatic heterocycles. The lowest BCUT2D eigenvalue weighted by molar-refractivity contribution is -0.137. The Morgan fingerprint density at radius 3 is 2.78 bits per heavy atom. The highest BCUT2D eigenvalue weighted by Crippen LogP contribution is 2.50. The molecular weight excluding hydrogens is 421 g/mol. The number of aromatic nitrogens is 1. The van der Waals surface area contributed by atoms with Crippen molar-refractivity contribution in [2.24, 2.45) is 0 Å². The minimum absolute atomic E-state index is 0.0567. The Morgan fingerprint density at radius 1 is 1.30 bits per heavy atom. The summed E-state index contributed by atoms with van der Waals surface area (Å²) in [5.74, 6) is 0.578. The van der Waals surface area contributed by atoms with Gasteiger partial charge in [0.05, 0.1) is 16.9 Å². The van der Waals surface area contributed by atoms with E-state index in [1.807, 2.05) is 24.0 Å². The summed E-state index contributed by atoms with van der Waals surface area (Å²) in [7, 11) is 1.77. The molecule has 0 bridgehead atoms. The quantitative estimate of drug-likeness (QED) is 0.702. The van der Waals surface area contributed by atoms with Crippen LogP contribution < -0.4 is 15.5 Å². The lowest BCUT2D eigenvalue weighted by Crippen LogP contribution is -2.42. The number of hydrogen-bond donors (Lipinski definition) is 2. The van der Waals surface area contributed by atoms with Gasteiger partial charge in [0.15, 0.2) is 0 Å². The summed E-state index contributed by atoms with van der Waals surface area (Å²) < 4.78 is 42.4. The Labute approximate surface area is 164 Å². The predicted molar refractivity (Wildman–Crippen MR) is 104 cm³/mol. The number of hydrogen-bond acceptors (Lipinski definition) is 4. The molecule has 2 aliphatic heterocycles. The molecule has 0 radical (unpaired) electrons. The Morgan fingerprint density at radius 2 is 2.07 bits per heavy atom. The molecule has 144 valence electrons. The van der Waals surface area contributed by atoms with Crippen molar-refractivity contribution in [1.82, 2.24) is 10.3 Å². The highest BCUT2D eigenvalue weighted by Gasteiger charge is 2.45. The molecule has 2 atom stereocenters. The molecule has 2 unspecified atom stereocenters. The van der Waals surface area contributed by atoms with Crippen molar-refractivity contribution < 1.29 is 13.2 Å². The zero-order valence-corrected chi connectivity index (χ0v) is 16.6. The first-order valence-corrected chi connectivity index (χ1v) is 9.64. The molecule has 27 heavy (non-hydrogen) atoms. The van der Waals surface area contributed by atoms with Gasteiger partial charge >= 0.3 is 6.18 Å². The molecule has 0 amide bonds. The van der Waals surface area contributed by atoms with Crippen molar-refractivity contribution in [3.8, 4) is 0 Å². The van der Waals surface area contributed by atoms with Gasteiger partial charge in [-0.25, -0.2) is 4.98 Å². The molecule has 0 saturated carbocycles. The predicted octanol–water partition coefficient (Wildman–Crippen LogP) is 4.81. The van der Waals surface area contributed by atoms with E-state index in [4.69, 9.17) is 0 Å². The van der Waals surface area contributed by atoms with E-state index in [9.17, 15) is 13.2 Å². The molecule has 3 heterocycles. The number of nitrogens with zero attached hydrogens (tertiary/aromatic N) is 2. The number of likely N-dealkylation sites (N-methyl/N-ethyl adjacent to an activating group) is 1. The monoisotopic (exact) mass is 440 g/mol. The van der Waals surface area contributed by atoms with Crippen molar-refractivity contribution in [2.75, 3.05) is 30.4 Å². The molecule has 4 rings (SSSR count). The van der Waals surface area contributed by atoms with Crippen LogP contribution in [0.5, 0.6) is 0 Å². The molecule has 1 aromatic carbocycles. The van der Waals surface area contributed by atoms with Gasteiger partial charge in [-0.3, -0.25) is 0 Å². The molecule has 0 spiro atoms. The number of fused-ring (bicyclic) bond motifs is 3. The van der Waals surface area contributed by atoms with Crippen LogP contribution in [0.25, 0.3) is 0 Å². The van der Waals surface area contributed by atoms with Crippen LogP contribution in [0.15, 0.2) is 28.7 Å². The standard InChI is InChI=1S/C19H20BrF3N4/c1-10-15(20)3-4-17(25-10)26-11-7-12-13-9-24-6-5-16(13)27(2)18(12)14(8-11)19(21,22)23/h3-4,7-8,13,16,24H,5-6,9H2,1-2H3,(H,25,26). The minimum atomic E-state index is -4.42. The van der Waals surface area contributed by atoms with Crippen molar-refractivity contribution in [2.45, 2.75) is 31.5 Å². The second-order valence-electron chi connectivity index (χ2n) is 7.13. The first kappa shape index (κ1) is 18.6. The fourth-order valence-corrected chi connectivity index (χ4v) is 4.40. The normalized spacial score (nSPS) is 21.8. The molecule has 0 aliphatic carbocycles. The van der Waals surface area contributed by atoms with Crippen LogP contribution in [0.1, 0.15) is 29.2 Å².